The first-order valence-corrected chi connectivity index (χ1v) is 10.5. The van der Waals surface area contributed by atoms with Crippen molar-refractivity contribution in [2.45, 2.75) is 44.7 Å². The highest BCUT2D eigenvalue weighted by Crippen LogP contribution is 2.21. The van der Waals surface area contributed by atoms with Gasteiger partial charge in [0.2, 0.25) is 5.91 Å². The van der Waals surface area contributed by atoms with Crippen LogP contribution < -0.4 is 20.1 Å². The van der Waals surface area contributed by atoms with Gasteiger partial charge < -0.3 is 15.4 Å². The van der Waals surface area contributed by atoms with E-state index in [9.17, 15) is 18.0 Å². The van der Waals surface area contributed by atoms with Gasteiger partial charge in [0.25, 0.3) is 15.9 Å². The molecule has 2 amide bonds. The van der Waals surface area contributed by atoms with Gasteiger partial charge in [0, 0.05) is 24.3 Å². The number of carbonyl (C=O) groups excluding carboxylic acids is 2. The molecule has 0 fully saturated rings. The Morgan fingerprint density at radius 3 is 1.97 bits per heavy atom. The van der Waals surface area contributed by atoms with Crippen molar-refractivity contribution < 1.29 is 22.7 Å². The van der Waals surface area contributed by atoms with E-state index >= 15 is 0 Å². The standard InChI is InChI=1S/C20H25N3O5S/c1-13(2)21-20(25)14(3)28-18-9-11-19(12-10-18)29(26,27)23-17-7-5-16(6-8-17)22-15(4)24/h5-14,23H,1-4H3,(H,21,25)(H,22,24)/t14-/m1/s1. The molecular weight excluding hydrogens is 394 g/mol. The van der Waals surface area contributed by atoms with Crippen LogP contribution in [0.5, 0.6) is 5.75 Å². The average molecular weight is 420 g/mol. The molecule has 2 aromatic carbocycles. The van der Waals surface area contributed by atoms with Crippen molar-refractivity contribution >= 4 is 33.2 Å². The van der Waals surface area contributed by atoms with Gasteiger partial charge in [-0.05, 0) is 69.3 Å². The van der Waals surface area contributed by atoms with Crippen molar-refractivity contribution in [1.29, 1.82) is 0 Å². The van der Waals surface area contributed by atoms with Gasteiger partial charge in [0.15, 0.2) is 6.10 Å². The number of benzene rings is 2. The highest BCUT2D eigenvalue weighted by atomic mass is 32.2. The molecule has 3 N–H and O–H groups in total. The maximum Gasteiger partial charge on any atom is 0.261 e. The van der Waals surface area contributed by atoms with Crippen LogP contribution in [-0.4, -0.2) is 32.4 Å². The van der Waals surface area contributed by atoms with Gasteiger partial charge in [0.05, 0.1) is 4.90 Å². The lowest BCUT2D eigenvalue weighted by atomic mass is 10.3. The van der Waals surface area contributed by atoms with Crippen LogP contribution in [-0.2, 0) is 19.6 Å². The lowest BCUT2D eigenvalue weighted by molar-refractivity contribution is -0.127. The predicted octanol–water partition coefficient (Wildman–Crippen LogP) is 2.74. The quantitative estimate of drug-likeness (QED) is 0.609. The summed E-state index contributed by atoms with van der Waals surface area (Å²) in [6.45, 7) is 6.71. The fraction of sp³-hybridized carbons (Fsp3) is 0.300. The Bertz CT molecular complexity index is 955. The minimum atomic E-state index is -3.80. The van der Waals surface area contributed by atoms with Crippen LogP contribution >= 0.6 is 0 Å². The Balaban J connectivity index is 2.04. The summed E-state index contributed by atoms with van der Waals surface area (Å²) in [6.07, 6.45) is -0.708. The zero-order valence-electron chi connectivity index (χ0n) is 16.7. The second-order valence-corrected chi connectivity index (χ2v) is 8.44. The molecular formula is C20H25N3O5S. The highest BCUT2D eigenvalue weighted by molar-refractivity contribution is 7.92. The molecule has 9 heteroatoms. The molecule has 0 saturated heterocycles. The number of hydrogen-bond donors (Lipinski definition) is 3. The topological polar surface area (TPSA) is 114 Å². The van der Waals surface area contributed by atoms with E-state index in [4.69, 9.17) is 4.74 Å². The van der Waals surface area contributed by atoms with Crippen molar-refractivity contribution in [1.82, 2.24) is 5.32 Å². The fourth-order valence-corrected chi connectivity index (χ4v) is 3.45. The molecule has 156 valence electrons. The molecule has 0 heterocycles. The Kier molecular flexibility index (Phi) is 7.22. The lowest BCUT2D eigenvalue weighted by Gasteiger charge is -2.16. The van der Waals surface area contributed by atoms with Crippen LogP contribution in [0, 0.1) is 0 Å². The number of anilines is 2. The molecule has 29 heavy (non-hydrogen) atoms. The van der Waals surface area contributed by atoms with Gasteiger partial charge in [-0.1, -0.05) is 0 Å². The lowest BCUT2D eigenvalue weighted by Crippen LogP contribution is -2.40. The van der Waals surface area contributed by atoms with Crippen LogP contribution in [0.4, 0.5) is 11.4 Å². The Labute approximate surface area is 170 Å². The van der Waals surface area contributed by atoms with E-state index < -0.39 is 16.1 Å². The number of carbonyl (C=O) groups is 2. The number of rotatable bonds is 8. The predicted molar refractivity (Wildman–Crippen MR) is 111 cm³/mol. The van der Waals surface area contributed by atoms with E-state index in [0.717, 1.165) is 0 Å². The second-order valence-electron chi connectivity index (χ2n) is 6.76. The SMILES string of the molecule is CC(=O)Nc1ccc(NS(=O)(=O)c2ccc(O[C@H](C)C(=O)NC(C)C)cc2)cc1. The minimum absolute atomic E-state index is 0.000508. The van der Waals surface area contributed by atoms with Crippen LogP contribution in [0.15, 0.2) is 53.4 Å². The number of nitrogens with one attached hydrogen (secondary N) is 3. The normalized spacial score (nSPS) is 12.2. The first-order chi connectivity index (χ1) is 13.6. The summed E-state index contributed by atoms with van der Waals surface area (Å²) < 4.78 is 33.1. The maximum atomic E-state index is 12.5. The summed E-state index contributed by atoms with van der Waals surface area (Å²) in [6, 6.07) is 12.1. The summed E-state index contributed by atoms with van der Waals surface area (Å²) in [7, 11) is -3.80. The van der Waals surface area contributed by atoms with Crippen LogP contribution in [0.3, 0.4) is 0 Å². The molecule has 2 rings (SSSR count). The third-order valence-electron chi connectivity index (χ3n) is 3.70. The molecule has 1 atom stereocenters. The first-order valence-electron chi connectivity index (χ1n) is 9.04. The fourth-order valence-electron chi connectivity index (χ4n) is 2.40. The van der Waals surface area contributed by atoms with Crippen molar-refractivity contribution in [3.05, 3.63) is 48.5 Å². The minimum Gasteiger partial charge on any atom is -0.481 e. The van der Waals surface area contributed by atoms with Gasteiger partial charge in [-0.2, -0.15) is 0 Å². The third kappa shape index (κ3) is 6.79. The Morgan fingerprint density at radius 2 is 1.45 bits per heavy atom. The van der Waals surface area contributed by atoms with Crippen LogP contribution in [0.1, 0.15) is 27.7 Å². The van der Waals surface area contributed by atoms with Gasteiger partial charge in [0.1, 0.15) is 5.75 Å². The third-order valence-corrected chi connectivity index (χ3v) is 5.10. The van der Waals surface area contributed by atoms with Crippen molar-refractivity contribution in [2.75, 3.05) is 10.0 Å². The smallest absolute Gasteiger partial charge is 0.261 e. The summed E-state index contributed by atoms with van der Waals surface area (Å²) in [5.74, 6) is -0.0762. The van der Waals surface area contributed by atoms with E-state index in [-0.39, 0.29) is 22.8 Å². The molecule has 0 aliphatic rings. The van der Waals surface area contributed by atoms with Crippen LogP contribution in [0.25, 0.3) is 0 Å². The van der Waals surface area contributed by atoms with E-state index in [1.54, 1.807) is 31.2 Å². The Hall–Kier alpha value is -3.07. The molecule has 0 aliphatic carbocycles. The maximum absolute atomic E-state index is 12.5. The monoisotopic (exact) mass is 419 g/mol. The molecule has 0 radical (unpaired) electrons. The van der Waals surface area contributed by atoms with Gasteiger partial charge >= 0.3 is 0 Å². The molecule has 0 unspecified atom stereocenters. The molecule has 0 spiro atoms. The Morgan fingerprint density at radius 1 is 0.897 bits per heavy atom. The molecule has 0 aliphatic heterocycles. The number of hydrogen-bond acceptors (Lipinski definition) is 5. The van der Waals surface area contributed by atoms with Gasteiger partial charge in [-0.25, -0.2) is 8.42 Å². The second kappa shape index (κ2) is 9.42. The van der Waals surface area contributed by atoms with Crippen LogP contribution in [0.2, 0.25) is 0 Å². The summed E-state index contributed by atoms with van der Waals surface area (Å²) >= 11 is 0. The van der Waals surface area contributed by atoms with Gasteiger partial charge in [-0.3, -0.25) is 14.3 Å². The van der Waals surface area contributed by atoms with E-state index in [2.05, 4.69) is 15.4 Å². The molecule has 2 aromatic rings. The first kappa shape index (κ1) is 22.2. The van der Waals surface area contributed by atoms with Gasteiger partial charge in [-0.15, -0.1) is 0 Å². The highest BCUT2D eigenvalue weighted by Gasteiger charge is 2.17. The summed E-state index contributed by atoms with van der Waals surface area (Å²) in [4.78, 5) is 23.0. The zero-order valence-corrected chi connectivity index (χ0v) is 17.5. The van der Waals surface area contributed by atoms with Crippen molar-refractivity contribution in [3.63, 3.8) is 0 Å². The number of amides is 2. The molecule has 8 nitrogen and oxygen atoms in total. The average Bonchev–Trinajstić information content (AvgIpc) is 2.62. The van der Waals surface area contributed by atoms with E-state index in [0.29, 0.717) is 17.1 Å². The largest absolute Gasteiger partial charge is 0.481 e. The molecule has 0 aromatic heterocycles. The molecule has 0 bridgehead atoms. The summed E-state index contributed by atoms with van der Waals surface area (Å²) in [5.41, 5.74) is 0.927. The van der Waals surface area contributed by atoms with E-state index in [1.165, 1.54) is 31.2 Å². The molecule has 0 saturated carbocycles. The zero-order chi connectivity index (χ0) is 21.6. The number of ether oxygens (including phenoxy) is 1. The van der Waals surface area contributed by atoms with Crippen molar-refractivity contribution in [2.24, 2.45) is 0 Å². The summed E-state index contributed by atoms with van der Waals surface area (Å²) in [5, 5.41) is 5.35. The van der Waals surface area contributed by atoms with E-state index in [1.807, 2.05) is 13.8 Å². The van der Waals surface area contributed by atoms with Crippen molar-refractivity contribution in [3.8, 4) is 5.75 Å². The number of sulfonamides is 1.